The largest absolute Gasteiger partial charge is 0.249 e. The Morgan fingerprint density at radius 1 is 1.90 bits per heavy atom. The normalized spacial score (nSPS) is 12.4. The first-order valence-electron chi connectivity index (χ1n) is 3.11. The third-order valence-electron chi connectivity index (χ3n) is 1.27. The van der Waals surface area contributed by atoms with E-state index in [1.807, 2.05) is 12.3 Å². The summed E-state index contributed by atoms with van der Waals surface area (Å²) in [4.78, 5) is 4.10. The first-order chi connectivity index (χ1) is 4.84. The summed E-state index contributed by atoms with van der Waals surface area (Å²) in [6, 6.07) is 2.12. The topological polar surface area (TPSA) is 36.7 Å². The minimum atomic E-state index is 0.296. The van der Waals surface area contributed by atoms with Gasteiger partial charge in [0.25, 0.3) is 0 Å². The second-order valence-corrected chi connectivity index (χ2v) is 3.06. The van der Waals surface area contributed by atoms with E-state index in [0.29, 0.717) is 12.3 Å². The Balaban J connectivity index is 2.61. The van der Waals surface area contributed by atoms with Gasteiger partial charge in [0.1, 0.15) is 0 Å². The molecule has 0 amide bonds. The highest BCUT2D eigenvalue weighted by molar-refractivity contribution is 7.09. The third kappa shape index (κ3) is 1.55. The predicted molar refractivity (Wildman–Crippen MR) is 40.8 cm³/mol. The van der Waals surface area contributed by atoms with E-state index in [2.05, 4.69) is 11.1 Å². The molecule has 1 unspecified atom stereocenters. The average Bonchev–Trinajstić information content (AvgIpc) is 2.38. The standard InChI is InChI=1S/C7H8N2S/c1-6(2-3-8)7-9-4-5-10-7/h4-6H,2H2,1H3. The van der Waals surface area contributed by atoms with Gasteiger partial charge in [0, 0.05) is 23.9 Å². The van der Waals surface area contributed by atoms with Crippen molar-refractivity contribution >= 4 is 11.3 Å². The maximum atomic E-state index is 8.36. The molecule has 1 rings (SSSR count). The predicted octanol–water partition coefficient (Wildman–Crippen LogP) is 2.16. The van der Waals surface area contributed by atoms with Crippen LogP contribution in [0.2, 0.25) is 0 Å². The van der Waals surface area contributed by atoms with E-state index in [0.717, 1.165) is 5.01 Å². The van der Waals surface area contributed by atoms with Crippen molar-refractivity contribution in [3.63, 3.8) is 0 Å². The van der Waals surface area contributed by atoms with Crippen LogP contribution in [0.5, 0.6) is 0 Å². The lowest BCUT2D eigenvalue weighted by Crippen LogP contribution is -1.89. The van der Waals surface area contributed by atoms with Crippen LogP contribution in [-0.4, -0.2) is 4.98 Å². The fraction of sp³-hybridized carbons (Fsp3) is 0.429. The van der Waals surface area contributed by atoms with E-state index in [-0.39, 0.29) is 0 Å². The Morgan fingerprint density at radius 2 is 2.70 bits per heavy atom. The van der Waals surface area contributed by atoms with Crippen LogP contribution in [0.25, 0.3) is 0 Å². The number of rotatable bonds is 2. The van der Waals surface area contributed by atoms with Gasteiger partial charge in [0.05, 0.1) is 11.1 Å². The SMILES string of the molecule is CC(CC#N)c1nccs1. The van der Waals surface area contributed by atoms with Crippen LogP contribution in [0.15, 0.2) is 11.6 Å². The average molecular weight is 152 g/mol. The van der Waals surface area contributed by atoms with Gasteiger partial charge in [-0.3, -0.25) is 0 Å². The van der Waals surface area contributed by atoms with Gasteiger partial charge in [0.2, 0.25) is 0 Å². The number of nitrogens with zero attached hydrogens (tertiary/aromatic N) is 2. The zero-order valence-corrected chi connectivity index (χ0v) is 6.56. The summed E-state index contributed by atoms with van der Waals surface area (Å²) in [5.41, 5.74) is 0. The Kier molecular flexibility index (Phi) is 2.41. The van der Waals surface area contributed by atoms with Crippen LogP contribution in [0.3, 0.4) is 0 Å². The number of aromatic nitrogens is 1. The van der Waals surface area contributed by atoms with E-state index in [4.69, 9.17) is 5.26 Å². The van der Waals surface area contributed by atoms with Crippen LogP contribution < -0.4 is 0 Å². The van der Waals surface area contributed by atoms with Crippen LogP contribution in [0.1, 0.15) is 24.3 Å². The molecule has 0 N–H and O–H groups in total. The van der Waals surface area contributed by atoms with Crippen molar-refractivity contribution in [3.8, 4) is 6.07 Å². The summed E-state index contributed by atoms with van der Waals surface area (Å²) >= 11 is 1.61. The molecule has 3 heteroatoms. The maximum Gasteiger partial charge on any atom is 0.0963 e. The van der Waals surface area contributed by atoms with Crippen molar-refractivity contribution in [1.29, 1.82) is 5.26 Å². The molecular weight excluding hydrogens is 144 g/mol. The van der Waals surface area contributed by atoms with E-state index in [1.165, 1.54) is 0 Å². The van der Waals surface area contributed by atoms with E-state index in [9.17, 15) is 0 Å². The van der Waals surface area contributed by atoms with Crippen molar-refractivity contribution in [2.45, 2.75) is 19.3 Å². The molecule has 1 aromatic heterocycles. The van der Waals surface area contributed by atoms with Crippen LogP contribution in [0.4, 0.5) is 0 Å². The molecule has 0 radical (unpaired) electrons. The quantitative estimate of drug-likeness (QED) is 0.651. The van der Waals surface area contributed by atoms with Gasteiger partial charge in [-0.1, -0.05) is 6.92 Å². The number of thiazole rings is 1. The lowest BCUT2D eigenvalue weighted by molar-refractivity contribution is 0.779. The Bertz CT molecular complexity index is 222. The molecule has 0 aromatic carbocycles. The second kappa shape index (κ2) is 3.33. The lowest BCUT2D eigenvalue weighted by atomic mass is 10.1. The molecule has 0 saturated heterocycles. The van der Waals surface area contributed by atoms with Crippen molar-refractivity contribution < 1.29 is 0 Å². The molecule has 2 nitrogen and oxygen atoms in total. The fourth-order valence-electron chi connectivity index (χ4n) is 0.702. The molecule has 52 valence electrons. The zero-order valence-electron chi connectivity index (χ0n) is 5.74. The third-order valence-corrected chi connectivity index (χ3v) is 2.28. The Morgan fingerprint density at radius 3 is 3.20 bits per heavy atom. The summed E-state index contributed by atoms with van der Waals surface area (Å²) in [6.45, 7) is 2.02. The monoisotopic (exact) mass is 152 g/mol. The van der Waals surface area contributed by atoms with Crippen molar-refractivity contribution in [3.05, 3.63) is 16.6 Å². The fourth-order valence-corrected chi connectivity index (χ4v) is 1.40. The van der Waals surface area contributed by atoms with E-state index >= 15 is 0 Å². The molecule has 0 spiro atoms. The molecular formula is C7H8N2S. The molecule has 0 fully saturated rings. The summed E-state index contributed by atoms with van der Waals surface area (Å²) in [7, 11) is 0. The van der Waals surface area contributed by atoms with Crippen molar-refractivity contribution in [1.82, 2.24) is 4.98 Å². The summed E-state index contributed by atoms with van der Waals surface area (Å²) in [6.07, 6.45) is 2.33. The highest BCUT2D eigenvalue weighted by Crippen LogP contribution is 2.19. The first-order valence-corrected chi connectivity index (χ1v) is 3.99. The smallest absolute Gasteiger partial charge is 0.0963 e. The molecule has 0 saturated carbocycles. The van der Waals surface area contributed by atoms with Gasteiger partial charge < -0.3 is 0 Å². The minimum absolute atomic E-state index is 0.296. The Hall–Kier alpha value is -0.880. The Labute approximate surface area is 64.1 Å². The molecule has 0 aliphatic carbocycles. The summed E-state index contributed by atoms with van der Waals surface area (Å²) in [5, 5.41) is 11.4. The number of hydrogen-bond acceptors (Lipinski definition) is 3. The highest BCUT2D eigenvalue weighted by atomic mass is 32.1. The van der Waals surface area contributed by atoms with Gasteiger partial charge in [-0.2, -0.15) is 5.26 Å². The van der Waals surface area contributed by atoms with Gasteiger partial charge in [0.15, 0.2) is 0 Å². The molecule has 1 aromatic rings. The molecule has 0 bridgehead atoms. The molecule has 0 aliphatic rings. The van der Waals surface area contributed by atoms with Gasteiger partial charge in [-0.15, -0.1) is 11.3 Å². The van der Waals surface area contributed by atoms with Gasteiger partial charge in [-0.25, -0.2) is 4.98 Å². The van der Waals surface area contributed by atoms with E-state index < -0.39 is 0 Å². The number of hydrogen-bond donors (Lipinski definition) is 0. The highest BCUT2D eigenvalue weighted by Gasteiger charge is 2.05. The molecule has 1 atom stereocenters. The van der Waals surface area contributed by atoms with E-state index in [1.54, 1.807) is 17.5 Å². The summed E-state index contributed by atoms with van der Waals surface area (Å²) in [5.74, 6) is 0.296. The molecule has 0 aliphatic heterocycles. The van der Waals surface area contributed by atoms with Crippen LogP contribution in [-0.2, 0) is 0 Å². The number of nitriles is 1. The summed E-state index contributed by atoms with van der Waals surface area (Å²) < 4.78 is 0. The first kappa shape index (κ1) is 7.23. The lowest BCUT2D eigenvalue weighted by Gasteiger charge is -1.98. The minimum Gasteiger partial charge on any atom is -0.249 e. The van der Waals surface area contributed by atoms with Gasteiger partial charge in [-0.05, 0) is 0 Å². The van der Waals surface area contributed by atoms with Crippen LogP contribution >= 0.6 is 11.3 Å². The van der Waals surface area contributed by atoms with Crippen LogP contribution in [0, 0.1) is 11.3 Å². The maximum absolute atomic E-state index is 8.36. The second-order valence-electron chi connectivity index (χ2n) is 2.13. The molecule has 10 heavy (non-hydrogen) atoms. The van der Waals surface area contributed by atoms with Gasteiger partial charge >= 0.3 is 0 Å². The van der Waals surface area contributed by atoms with Crippen molar-refractivity contribution in [2.24, 2.45) is 0 Å². The van der Waals surface area contributed by atoms with Crippen molar-refractivity contribution in [2.75, 3.05) is 0 Å². The zero-order chi connectivity index (χ0) is 7.40. The molecule has 1 heterocycles.